The molecule has 0 fully saturated rings. The van der Waals surface area contributed by atoms with Gasteiger partial charge in [0.15, 0.2) is 0 Å². The molecule has 5 heteroatoms. The van der Waals surface area contributed by atoms with Gasteiger partial charge in [-0.25, -0.2) is 14.1 Å². The molecule has 1 heterocycles. The van der Waals surface area contributed by atoms with Crippen molar-refractivity contribution in [3.8, 4) is 0 Å². The Morgan fingerprint density at radius 2 is 1.95 bits per heavy atom. The summed E-state index contributed by atoms with van der Waals surface area (Å²) < 4.78 is 14.8. The minimum atomic E-state index is -0.604. The van der Waals surface area contributed by atoms with E-state index in [9.17, 15) is 4.39 Å². The van der Waals surface area contributed by atoms with E-state index in [-0.39, 0.29) is 11.9 Å². The summed E-state index contributed by atoms with van der Waals surface area (Å²) in [5.41, 5.74) is 6.62. The number of nitrogens with zero attached hydrogens (tertiary/aromatic N) is 3. The Labute approximate surface area is 112 Å². The van der Waals surface area contributed by atoms with Crippen molar-refractivity contribution in [1.82, 2.24) is 14.8 Å². The van der Waals surface area contributed by atoms with E-state index in [4.69, 9.17) is 5.73 Å². The molecule has 0 amide bonds. The first-order valence-electron chi connectivity index (χ1n) is 6.33. The molecule has 0 saturated heterocycles. The molecule has 1 unspecified atom stereocenters. The maximum absolute atomic E-state index is 13.0. The van der Waals surface area contributed by atoms with Gasteiger partial charge in [0.25, 0.3) is 0 Å². The van der Waals surface area contributed by atoms with Crippen LogP contribution in [0.4, 0.5) is 4.39 Å². The van der Waals surface area contributed by atoms with Crippen LogP contribution in [0.3, 0.4) is 0 Å². The SMILES string of the molecule is CC(C)n1ncnc1CC(C)(N)c1ccc(F)cc1. The molecular weight excluding hydrogens is 243 g/mol. The Morgan fingerprint density at radius 3 is 2.53 bits per heavy atom. The third-order valence-electron chi connectivity index (χ3n) is 3.17. The summed E-state index contributed by atoms with van der Waals surface area (Å²) in [6, 6.07) is 6.51. The molecule has 4 nitrogen and oxygen atoms in total. The lowest BCUT2D eigenvalue weighted by atomic mass is 9.89. The smallest absolute Gasteiger partial charge is 0.138 e. The number of hydrogen-bond donors (Lipinski definition) is 1. The second-order valence-electron chi connectivity index (χ2n) is 5.32. The second-order valence-corrected chi connectivity index (χ2v) is 5.32. The number of hydrogen-bond acceptors (Lipinski definition) is 3. The lowest BCUT2D eigenvalue weighted by Crippen LogP contribution is -2.36. The first kappa shape index (κ1) is 13.7. The van der Waals surface area contributed by atoms with Crippen LogP contribution in [0.2, 0.25) is 0 Å². The van der Waals surface area contributed by atoms with Crippen LogP contribution in [0.1, 0.15) is 38.2 Å². The van der Waals surface area contributed by atoms with Crippen molar-refractivity contribution in [1.29, 1.82) is 0 Å². The Kier molecular flexibility index (Phi) is 3.66. The Bertz CT molecular complexity index is 543. The summed E-state index contributed by atoms with van der Waals surface area (Å²) in [5, 5.41) is 4.20. The lowest BCUT2D eigenvalue weighted by molar-refractivity contribution is 0.433. The topological polar surface area (TPSA) is 56.7 Å². The zero-order chi connectivity index (χ0) is 14.0. The lowest BCUT2D eigenvalue weighted by Gasteiger charge is -2.25. The molecule has 1 atom stereocenters. The van der Waals surface area contributed by atoms with Gasteiger partial charge in [-0.3, -0.25) is 0 Å². The second kappa shape index (κ2) is 5.09. The van der Waals surface area contributed by atoms with Crippen molar-refractivity contribution in [3.05, 3.63) is 47.8 Å². The number of halogens is 1. The standard InChI is InChI=1S/C14H19FN4/c1-10(2)19-13(17-9-18-19)8-14(3,16)11-4-6-12(15)7-5-11/h4-7,9-10H,8,16H2,1-3H3. The molecule has 0 saturated carbocycles. The highest BCUT2D eigenvalue weighted by Gasteiger charge is 2.25. The summed E-state index contributed by atoms with van der Waals surface area (Å²) in [6.45, 7) is 6.01. The number of aromatic nitrogens is 3. The molecule has 0 radical (unpaired) electrons. The maximum Gasteiger partial charge on any atom is 0.138 e. The van der Waals surface area contributed by atoms with Gasteiger partial charge in [-0.2, -0.15) is 5.10 Å². The Balaban J connectivity index is 2.25. The van der Waals surface area contributed by atoms with E-state index in [0.29, 0.717) is 6.42 Å². The number of rotatable bonds is 4. The quantitative estimate of drug-likeness (QED) is 0.920. The van der Waals surface area contributed by atoms with Crippen LogP contribution in [0.15, 0.2) is 30.6 Å². The zero-order valence-corrected chi connectivity index (χ0v) is 11.5. The molecule has 0 aliphatic carbocycles. The number of nitrogens with two attached hydrogens (primary N) is 1. The minimum Gasteiger partial charge on any atom is -0.321 e. The Morgan fingerprint density at radius 1 is 1.32 bits per heavy atom. The van der Waals surface area contributed by atoms with Crippen LogP contribution < -0.4 is 5.73 Å². The van der Waals surface area contributed by atoms with Gasteiger partial charge in [-0.05, 0) is 38.5 Å². The molecule has 0 bridgehead atoms. The molecule has 102 valence electrons. The van der Waals surface area contributed by atoms with Crippen LogP contribution in [-0.4, -0.2) is 14.8 Å². The average molecular weight is 262 g/mol. The van der Waals surface area contributed by atoms with Crippen LogP contribution in [0.25, 0.3) is 0 Å². The largest absolute Gasteiger partial charge is 0.321 e. The highest BCUT2D eigenvalue weighted by molar-refractivity contribution is 5.25. The van der Waals surface area contributed by atoms with Gasteiger partial charge < -0.3 is 5.73 Å². The maximum atomic E-state index is 13.0. The summed E-state index contributed by atoms with van der Waals surface area (Å²) in [7, 11) is 0. The zero-order valence-electron chi connectivity index (χ0n) is 11.5. The summed E-state index contributed by atoms with van der Waals surface area (Å²) in [6.07, 6.45) is 2.09. The van der Waals surface area contributed by atoms with Crippen LogP contribution in [0.5, 0.6) is 0 Å². The van der Waals surface area contributed by atoms with Gasteiger partial charge in [0.2, 0.25) is 0 Å². The normalized spacial score (nSPS) is 14.6. The van der Waals surface area contributed by atoms with E-state index < -0.39 is 5.54 Å². The molecule has 2 N–H and O–H groups in total. The molecular formula is C14H19FN4. The van der Waals surface area contributed by atoms with Crippen molar-refractivity contribution in [2.24, 2.45) is 5.73 Å². The third-order valence-corrected chi connectivity index (χ3v) is 3.17. The fraction of sp³-hybridized carbons (Fsp3) is 0.429. The Hall–Kier alpha value is -1.75. The van der Waals surface area contributed by atoms with Crippen molar-refractivity contribution in [2.45, 2.75) is 38.8 Å². The molecule has 0 aliphatic heterocycles. The summed E-state index contributed by atoms with van der Waals surface area (Å²) >= 11 is 0. The summed E-state index contributed by atoms with van der Waals surface area (Å²) in [5.74, 6) is 0.578. The molecule has 1 aromatic carbocycles. The van der Waals surface area contributed by atoms with Crippen LogP contribution >= 0.6 is 0 Å². The van der Waals surface area contributed by atoms with E-state index in [0.717, 1.165) is 11.4 Å². The predicted octanol–water partition coefficient (Wildman–Crippen LogP) is 2.41. The highest BCUT2D eigenvalue weighted by atomic mass is 19.1. The third kappa shape index (κ3) is 2.98. The minimum absolute atomic E-state index is 0.238. The molecule has 2 aromatic rings. The average Bonchev–Trinajstić information content (AvgIpc) is 2.77. The summed E-state index contributed by atoms with van der Waals surface area (Å²) in [4.78, 5) is 4.26. The van der Waals surface area contributed by atoms with Crippen molar-refractivity contribution < 1.29 is 4.39 Å². The van der Waals surface area contributed by atoms with Crippen molar-refractivity contribution >= 4 is 0 Å². The van der Waals surface area contributed by atoms with Gasteiger partial charge in [0, 0.05) is 18.0 Å². The van der Waals surface area contributed by atoms with Gasteiger partial charge in [0.1, 0.15) is 18.0 Å². The molecule has 0 aliphatic rings. The van der Waals surface area contributed by atoms with Crippen molar-refractivity contribution in [3.63, 3.8) is 0 Å². The fourth-order valence-corrected chi connectivity index (χ4v) is 2.09. The van der Waals surface area contributed by atoms with Crippen LogP contribution in [-0.2, 0) is 12.0 Å². The van der Waals surface area contributed by atoms with Gasteiger partial charge in [0.05, 0.1) is 0 Å². The van der Waals surface area contributed by atoms with E-state index in [2.05, 4.69) is 10.1 Å². The monoisotopic (exact) mass is 262 g/mol. The fourth-order valence-electron chi connectivity index (χ4n) is 2.09. The predicted molar refractivity (Wildman–Crippen MR) is 72.1 cm³/mol. The van der Waals surface area contributed by atoms with E-state index in [1.807, 2.05) is 25.5 Å². The highest BCUT2D eigenvalue weighted by Crippen LogP contribution is 2.23. The van der Waals surface area contributed by atoms with E-state index >= 15 is 0 Å². The van der Waals surface area contributed by atoms with E-state index in [1.54, 1.807) is 12.1 Å². The first-order valence-corrected chi connectivity index (χ1v) is 6.33. The van der Waals surface area contributed by atoms with Crippen molar-refractivity contribution in [2.75, 3.05) is 0 Å². The molecule has 2 rings (SSSR count). The van der Waals surface area contributed by atoms with Gasteiger partial charge in [-0.15, -0.1) is 0 Å². The molecule has 19 heavy (non-hydrogen) atoms. The van der Waals surface area contributed by atoms with Gasteiger partial charge >= 0.3 is 0 Å². The number of benzene rings is 1. The van der Waals surface area contributed by atoms with Crippen LogP contribution in [0, 0.1) is 5.82 Å². The first-order chi connectivity index (χ1) is 8.90. The van der Waals surface area contributed by atoms with Gasteiger partial charge in [-0.1, -0.05) is 12.1 Å². The molecule has 1 aromatic heterocycles. The van der Waals surface area contributed by atoms with E-state index in [1.165, 1.54) is 18.5 Å². The molecule has 0 spiro atoms.